The third-order valence-electron chi connectivity index (χ3n) is 11.7. The van der Waals surface area contributed by atoms with Gasteiger partial charge in [0.1, 0.15) is 69.7 Å². The zero-order valence-corrected chi connectivity index (χ0v) is 36.3. The fourth-order valence-corrected chi connectivity index (χ4v) is 8.66. The van der Waals surface area contributed by atoms with E-state index in [1.165, 1.54) is 28.4 Å². The summed E-state index contributed by atoms with van der Waals surface area (Å²) in [7, 11) is 9.22. The molecule has 8 rings (SSSR count). The van der Waals surface area contributed by atoms with Gasteiger partial charge in [0.25, 0.3) is 0 Å². The van der Waals surface area contributed by atoms with Crippen molar-refractivity contribution in [2.24, 2.45) is 0 Å². The molecule has 0 spiro atoms. The van der Waals surface area contributed by atoms with Crippen LogP contribution >= 0.6 is 0 Å². The fourth-order valence-electron chi connectivity index (χ4n) is 8.66. The van der Waals surface area contributed by atoms with Crippen molar-refractivity contribution >= 4 is 24.1 Å². The average Bonchev–Trinajstić information content (AvgIpc) is 3.82. The van der Waals surface area contributed by atoms with E-state index in [-0.39, 0.29) is 24.4 Å². The molecular formula is C52H48O12. The second-order valence-electron chi connectivity index (χ2n) is 14.9. The lowest BCUT2D eigenvalue weighted by molar-refractivity contribution is -0.109. The maximum Gasteiger partial charge on any atom is 0.219 e. The molecule has 0 amide bonds. The molecule has 0 saturated heterocycles. The molecule has 0 bridgehead atoms. The summed E-state index contributed by atoms with van der Waals surface area (Å²) in [5, 5.41) is 0. The minimum Gasteiger partial charge on any atom is -0.497 e. The van der Waals surface area contributed by atoms with Gasteiger partial charge >= 0.3 is 0 Å². The van der Waals surface area contributed by atoms with Crippen LogP contribution in [-0.4, -0.2) is 66.8 Å². The van der Waals surface area contributed by atoms with Gasteiger partial charge in [-0.2, -0.15) is 0 Å². The maximum absolute atomic E-state index is 14.1. The van der Waals surface area contributed by atoms with E-state index in [2.05, 4.69) is 0 Å². The van der Waals surface area contributed by atoms with Crippen molar-refractivity contribution in [1.29, 1.82) is 0 Å². The number of methoxy groups -OCH3 is 6. The second-order valence-corrected chi connectivity index (χ2v) is 14.9. The molecule has 12 nitrogen and oxygen atoms in total. The van der Waals surface area contributed by atoms with E-state index < -0.39 is 23.0 Å². The number of Topliss-reactive ketones (excluding diaryl/α,β-unsaturated/α-hetero) is 2. The Morgan fingerprint density at radius 2 is 0.797 bits per heavy atom. The van der Waals surface area contributed by atoms with Gasteiger partial charge in [-0.1, -0.05) is 84.9 Å². The fraction of sp³-hybridized carbons (Fsp3) is 0.231. The number of ether oxygens (including phenoxy) is 8. The maximum atomic E-state index is 14.1. The number of rotatable bonds is 16. The summed E-state index contributed by atoms with van der Waals surface area (Å²) in [6.07, 6.45) is 1.82. The Labute approximate surface area is 371 Å². The minimum absolute atomic E-state index is 0.0925. The molecule has 2 aliphatic heterocycles. The minimum atomic E-state index is -1.46. The van der Waals surface area contributed by atoms with Crippen LogP contribution in [0.2, 0.25) is 0 Å². The molecule has 0 aromatic heterocycles. The van der Waals surface area contributed by atoms with E-state index in [0.717, 1.165) is 23.7 Å². The highest BCUT2D eigenvalue weighted by atomic mass is 16.5. The molecule has 6 aromatic rings. The van der Waals surface area contributed by atoms with Crippen LogP contribution in [-0.2, 0) is 20.8 Å². The average molecular weight is 865 g/mol. The van der Waals surface area contributed by atoms with Gasteiger partial charge in [0.05, 0.1) is 42.7 Å². The number of carbonyl (C=O) groups excluding carboxylic acids is 4. The lowest BCUT2D eigenvalue weighted by Crippen LogP contribution is -2.43. The molecule has 12 heteroatoms. The van der Waals surface area contributed by atoms with Crippen molar-refractivity contribution < 1.29 is 57.1 Å². The summed E-state index contributed by atoms with van der Waals surface area (Å²) in [5.74, 6) is 2.07. The Balaban J connectivity index is 0.000000191. The molecule has 2 aliphatic rings. The lowest BCUT2D eigenvalue weighted by Gasteiger charge is -2.35. The predicted molar refractivity (Wildman–Crippen MR) is 238 cm³/mol. The third kappa shape index (κ3) is 7.87. The van der Waals surface area contributed by atoms with Crippen LogP contribution in [0.3, 0.4) is 0 Å². The SMILES string of the molecule is COc1ccc([C@@]2(C(CC=O)c3ccccc3)Oc3cc(OC)cc(OC)c3C2=O)cc1.COc1ccc([C@@]2([C@@H](CC=O)c3ccccc3)Oc3cc(OC)cc(OC)c3C2=O)cc1. The standard InChI is InChI=1S/2C26H24O6/c2*1-29-19-11-9-18(10-12-19)26(21(13-14-27)17-7-5-4-6-8-17)25(28)24-22(31-3)15-20(30-2)16-23(24)32-26/h2*4-12,14-16,21H,13H2,1-3H3/t21?,26-;21-,26-/m00/s1. The largest absolute Gasteiger partial charge is 0.497 e. The molecule has 0 N–H and O–H groups in total. The number of ketones is 2. The highest BCUT2D eigenvalue weighted by Crippen LogP contribution is 2.55. The van der Waals surface area contributed by atoms with Crippen LogP contribution in [0.5, 0.6) is 46.0 Å². The number of carbonyl (C=O) groups is 4. The summed E-state index contributed by atoms with van der Waals surface area (Å²) < 4.78 is 45.4. The molecule has 64 heavy (non-hydrogen) atoms. The van der Waals surface area contributed by atoms with Gasteiger partial charge < -0.3 is 47.5 Å². The molecular weight excluding hydrogens is 817 g/mol. The van der Waals surface area contributed by atoms with Crippen molar-refractivity contribution in [3.8, 4) is 46.0 Å². The van der Waals surface area contributed by atoms with Gasteiger partial charge in [0.15, 0.2) is 0 Å². The van der Waals surface area contributed by atoms with Crippen molar-refractivity contribution in [3.05, 3.63) is 167 Å². The first-order chi connectivity index (χ1) is 31.2. The first kappa shape index (κ1) is 44.5. The van der Waals surface area contributed by atoms with Gasteiger partial charge in [0, 0.05) is 60.1 Å². The Kier molecular flexibility index (Phi) is 13.3. The summed E-state index contributed by atoms with van der Waals surface area (Å²) in [5.41, 5.74) is 0.622. The molecule has 4 atom stereocenters. The number of benzene rings is 6. The second kappa shape index (κ2) is 19.2. The molecule has 6 aromatic carbocycles. The Hall–Kier alpha value is -7.60. The van der Waals surface area contributed by atoms with Crippen molar-refractivity contribution in [1.82, 2.24) is 0 Å². The van der Waals surface area contributed by atoms with Crippen LogP contribution in [0.4, 0.5) is 0 Å². The zero-order chi connectivity index (χ0) is 45.4. The van der Waals surface area contributed by atoms with Crippen molar-refractivity contribution in [3.63, 3.8) is 0 Å². The Morgan fingerprint density at radius 3 is 1.09 bits per heavy atom. The van der Waals surface area contributed by atoms with Crippen LogP contribution in [0, 0.1) is 0 Å². The van der Waals surface area contributed by atoms with Gasteiger partial charge in [-0.3, -0.25) is 9.59 Å². The smallest absolute Gasteiger partial charge is 0.219 e. The number of aldehydes is 2. The van der Waals surface area contributed by atoms with E-state index >= 15 is 0 Å². The van der Waals surface area contributed by atoms with Gasteiger partial charge in [-0.15, -0.1) is 0 Å². The Morgan fingerprint density at radius 1 is 0.453 bits per heavy atom. The summed E-state index contributed by atoms with van der Waals surface area (Å²) in [6.45, 7) is 0. The number of fused-ring (bicyclic) bond motifs is 2. The highest BCUT2D eigenvalue weighted by molar-refractivity contribution is 6.12. The number of hydrogen-bond donors (Lipinski definition) is 0. The molecule has 328 valence electrons. The zero-order valence-electron chi connectivity index (χ0n) is 36.3. The summed E-state index contributed by atoms with van der Waals surface area (Å²) in [6, 6.07) is 39.8. The first-order valence-electron chi connectivity index (χ1n) is 20.4. The van der Waals surface area contributed by atoms with Gasteiger partial charge in [0.2, 0.25) is 22.8 Å². The van der Waals surface area contributed by atoms with Crippen LogP contribution in [0.1, 0.15) is 67.6 Å². The van der Waals surface area contributed by atoms with Crippen LogP contribution < -0.4 is 37.9 Å². The lowest BCUT2D eigenvalue weighted by atomic mass is 9.72. The molecule has 0 radical (unpaired) electrons. The van der Waals surface area contributed by atoms with E-state index in [1.807, 2.05) is 60.7 Å². The van der Waals surface area contributed by atoms with Crippen LogP contribution in [0.15, 0.2) is 133 Å². The van der Waals surface area contributed by atoms with Crippen molar-refractivity contribution in [2.75, 3.05) is 42.7 Å². The third-order valence-corrected chi connectivity index (χ3v) is 11.7. The normalized spacial score (nSPS) is 17.8. The van der Waals surface area contributed by atoms with E-state index in [1.54, 1.807) is 87.0 Å². The Bertz CT molecular complexity index is 2430. The van der Waals surface area contributed by atoms with E-state index in [9.17, 15) is 19.2 Å². The quantitative estimate of drug-likeness (QED) is 0.0857. The summed E-state index contributed by atoms with van der Waals surface area (Å²) >= 11 is 0. The van der Waals surface area contributed by atoms with Gasteiger partial charge in [-0.05, 0) is 35.4 Å². The van der Waals surface area contributed by atoms with E-state index in [4.69, 9.17) is 37.9 Å². The molecule has 2 heterocycles. The van der Waals surface area contributed by atoms with Crippen molar-refractivity contribution in [2.45, 2.75) is 35.9 Å². The van der Waals surface area contributed by atoms with E-state index in [0.29, 0.717) is 68.2 Å². The molecule has 0 saturated carbocycles. The first-order valence-corrected chi connectivity index (χ1v) is 20.4. The molecule has 0 aliphatic carbocycles. The predicted octanol–water partition coefficient (Wildman–Crippen LogP) is 9.11. The topological polar surface area (TPSA) is 142 Å². The van der Waals surface area contributed by atoms with Gasteiger partial charge in [-0.25, -0.2) is 0 Å². The monoisotopic (exact) mass is 864 g/mol. The molecule has 1 unspecified atom stereocenters. The number of hydrogen-bond acceptors (Lipinski definition) is 12. The highest BCUT2D eigenvalue weighted by Gasteiger charge is 2.58. The van der Waals surface area contributed by atoms with Crippen LogP contribution in [0.25, 0.3) is 0 Å². The molecule has 0 fully saturated rings. The summed E-state index contributed by atoms with van der Waals surface area (Å²) in [4.78, 5) is 51.9.